The standard InChI is InChI=1S/C18H20F2N2O3S/c1-26(24,25)22(17-10-8-16(20)9-11-17)12-2-3-18(23)21-13-14-4-6-15(19)7-5-14/h4-11H,2-3,12-13H2,1H3,(H,21,23). The smallest absolute Gasteiger partial charge is 0.232 e. The van der Waals surface area contributed by atoms with Crippen LogP contribution in [-0.2, 0) is 21.4 Å². The zero-order chi connectivity index (χ0) is 19.2. The molecule has 0 aliphatic rings. The van der Waals surface area contributed by atoms with Crippen LogP contribution < -0.4 is 9.62 Å². The minimum atomic E-state index is -3.54. The fourth-order valence-electron chi connectivity index (χ4n) is 2.37. The summed E-state index contributed by atoms with van der Waals surface area (Å²) in [5.74, 6) is -1.04. The molecule has 0 aromatic heterocycles. The van der Waals surface area contributed by atoms with Gasteiger partial charge in [0.25, 0.3) is 0 Å². The summed E-state index contributed by atoms with van der Waals surface area (Å²) < 4.78 is 50.8. The second-order valence-corrected chi connectivity index (χ2v) is 7.73. The summed E-state index contributed by atoms with van der Waals surface area (Å²) in [6.45, 7) is 0.376. The summed E-state index contributed by atoms with van der Waals surface area (Å²) >= 11 is 0. The lowest BCUT2D eigenvalue weighted by Crippen LogP contribution is -2.32. The highest BCUT2D eigenvalue weighted by Crippen LogP contribution is 2.18. The van der Waals surface area contributed by atoms with Gasteiger partial charge in [-0.15, -0.1) is 0 Å². The van der Waals surface area contributed by atoms with Gasteiger partial charge in [0.15, 0.2) is 0 Å². The summed E-state index contributed by atoms with van der Waals surface area (Å²) in [5.41, 5.74) is 1.12. The van der Waals surface area contributed by atoms with Crippen LogP contribution in [0.1, 0.15) is 18.4 Å². The fraction of sp³-hybridized carbons (Fsp3) is 0.278. The number of amides is 1. The van der Waals surface area contributed by atoms with E-state index in [2.05, 4.69) is 5.32 Å². The Hall–Kier alpha value is -2.48. The number of sulfonamides is 1. The zero-order valence-corrected chi connectivity index (χ0v) is 15.1. The van der Waals surface area contributed by atoms with Crippen LogP contribution in [0.25, 0.3) is 0 Å². The normalized spacial score (nSPS) is 11.2. The molecule has 0 spiro atoms. The van der Waals surface area contributed by atoms with Crippen LogP contribution in [0.3, 0.4) is 0 Å². The molecule has 26 heavy (non-hydrogen) atoms. The van der Waals surface area contributed by atoms with Gasteiger partial charge in [-0.3, -0.25) is 9.10 Å². The number of benzene rings is 2. The van der Waals surface area contributed by atoms with Gasteiger partial charge >= 0.3 is 0 Å². The highest BCUT2D eigenvalue weighted by atomic mass is 32.2. The number of rotatable bonds is 8. The summed E-state index contributed by atoms with van der Waals surface area (Å²) in [6, 6.07) is 10.9. The molecule has 140 valence electrons. The van der Waals surface area contributed by atoms with Gasteiger partial charge in [0, 0.05) is 19.5 Å². The number of halogens is 2. The van der Waals surface area contributed by atoms with Crippen molar-refractivity contribution in [1.29, 1.82) is 0 Å². The lowest BCUT2D eigenvalue weighted by molar-refractivity contribution is -0.121. The molecule has 0 aliphatic carbocycles. The zero-order valence-electron chi connectivity index (χ0n) is 14.3. The largest absolute Gasteiger partial charge is 0.352 e. The second kappa shape index (κ2) is 8.75. The minimum absolute atomic E-state index is 0.106. The maximum atomic E-state index is 13.0. The maximum Gasteiger partial charge on any atom is 0.232 e. The van der Waals surface area contributed by atoms with E-state index in [1.54, 1.807) is 12.1 Å². The summed E-state index contributed by atoms with van der Waals surface area (Å²) in [6.07, 6.45) is 1.50. The van der Waals surface area contributed by atoms with Crippen molar-refractivity contribution in [1.82, 2.24) is 5.32 Å². The van der Waals surface area contributed by atoms with E-state index >= 15 is 0 Å². The van der Waals surface area contributed by atoms with Crippen LogP contribution in [0.2, 0.25) is 0 Å². The Morgan fingerprint density at radius 3 is 2.08 bits per heavy atom. The molecule has 0 atom stereocenters. The molecular weight excluding hydrogens is 362 g/mol. The number of hydrogen-bond donors (Lipinski definition) is 1. The predicted octanol–water partition coefficient (Wildman–Crippen LogP) is 2.83. The lowest BCUT2D eigenvalue weighted by Gasteiger charge is -2.22. The van der Waals surface area contributed by atoms with E-state index in [-0.39, 0.29) is 31.2 Å². The van der Waals surface area contributed by atoms with Gasteiger partial charge in [-0.1, -0.05) is 12.1 Å². The molecule has 5 nitrogen and oxygen atoms in total. The summed E-state index contributed by atoms with van der Waals surface area (Å²) in [7, 11) is -3.54. The molecule has 1 N–H and O–H groups in total. The van der Waals surface area contributed by atoms with Gasteiger partial charge < -0.3 is 5.32 Å². The van der Waals surface area contributed by atoms with Crippen molar-refractivity contribution >= 4 is 21.6 Å². The van der Waals surface area contributed by atoms with E-state index in [0.29, 0.717) is 12.1 Å². The van der Waals surface area contributed by atoms with Crippen molar-refractivity contribution in [3.8, 4) is 0 Å². The first-order valence-electron chi connectivity index (χ1n) is 8.00. The molecular formula is C18H20F2N2O3S. The molecule has 2 rings (SSSR count). The topological polar surface area (TPSA) is 66.5 Å². The first-order chi connectivity index (χ1) is 12.3. The molecule has 0 saturated carbocycles. The van der Waals surface area contributed by atoms with E-state index in [1.807, 2.05) is 0 Å². The molecule has 0 bridgehead atoms. The van der Waals surface area contributed by atoms with Gasteiger partial charge in [0.2, 0.25) is 15.9 Å². The number of nitrogens with one attached hydrogen (secondary N) is 1. The molecule has 0 unspecified atom stereocenters. The van der Waals surface area contributed by atoms with Crippen molar-refractivity contribution in [3.63, 3.8) is 0 Å². The third-order valence-electron chi connectivity index (χ3n) is 3.68. The van der Waals surface area contributed by atoms with Crippen molar-refractivity contribution in [2.24, 2.45) is 0 Å². The monoisotopic (exact) mass is 382 g/mol. The van der Waals surface area contributed by atoms with Crippen LogP contribution in [-0.4, -0.2) is 27.1 Å². The minimum Gasteiger partial charge on any atom is -0.352 e. The molecule has 0 heterocycles. The van der Waals surface area contributed by atoms with Gasteiger partial charge in [0.1, 0.15) is 11.6 Å². The molecule has 2 aromatic carbocycles. The van der Waals surface area contributed by atoms with Crippen LogP contribution in [0.4, 0.5) is 14.5 Å². The first-order valence-corrected chi connectivity index (χ1v) is 9.85. The maximum absolute atomic E-state index is 13.0. The molecule has 0 aliphatic heterocycles. The average Bonchev–Trinajstić information content (AvgIpc) is 2.58. The number of nitrogens with zero attached hydrogens (tertiary/aromatic N) is 1. The third-order valence-corrected chi connectivity index (χ3v) is 4.88. The predicted molar refractivity (Wildman–Crippen MR) is 96.1 cm³/mol. The van der Waals surface area contributed by atoms with Crippen LogP contribution in [0.5, 0.6) is 0 Å². The van der Waals surface area contributed by atoms with E-state index in [9.17, 15) is 22.0 Å². The quantitative estimate of drug-likeness (QED) is 0.764. The van der Waals surface area contributed by atoms with E-state index in [0.717, 1.165) is 16.1 Å². The van der Waals surface area contributed by atoms with Gasteiger partial charge in [0.05, 0.1) is 11.9 Å². The Morgan fingerprint density at radius 1 is 1.00 bits per heavy atom. The van der Waals surface area contributed by atoms with Crippen LogP contribution >= 0.6 is 0 Å². The van der Waals surface area contributed by atoms with E-state index in [4.69, 9.17) is 0 Å². The van der Waals surface area contributed by atoms with Crippen molar-refractivity contribution in [3.05, 3.63) is 65.7 Å². The van der Waals surface area contributed by atoms with Crippen molar-refractivity contribution in [2.75, 3.05) is 17.1 Å². The fourth-order valence-corrected chi connectivity index (χ4v) is 3.33. The Bertz CT molecular complexity index is 838. The molecule has 8 heteroatoms. The molecule has 0 saturated heterocycles. The SMILES string of the molecule is CS(=O)(=O)N(CCCC(=O)NCc1ccc(F)cc1)c1ccc(F)cc1. The highest BCUT2D eigenvalue weighted by molar-refractivity contribution is 7.92. The average molecular weight is 382 g/mol. The van der Waals surface area contributed by atoms with E-state index in [1.165, 1.54) is 36.4 Å². The van der Waals surface area contributed by atoms with Crippen molar-refractivity contribution in [2.45, 2.75) is 19.4 Å². The Labute approximate surface area is 151 Å². The van der Waals surface area contributed by atoms with Crippen LogP contribution in [0.15, 0.2) is 48.5 Å². The number of hydrogen-bond acceptors (Lipinski definition) is 3. The molecule has 1 amide bonds. The highest BCUT2D eigenvalue weighted by Gasteiger charge is 2.17. The Morgan fingerprint density at radius 2 is 1.54 bits per heavy atom. The Kier molecular flexibility index (Phi) is 6.68. The van der Waals surface area contributed by atoms with Gasteiger partial charge in [-0.25, -0.2) is 17.2 Å². The first kappa shape index (κ1) is 19.8. The summed E-state index contributed by atoms with van der Waals surface area (Å²) in [5, 5.41) is 2.70. The van der Waals surface area contributed by atoms with Crippen LogP contribution in [0, 0.1) is 11.6 Å². The summed E-state index contributed by atoms with van der Waals surface area (Å²) in [4.78, 5) is 11.9. The number of carbonyl (C=O) groups is 1. The molecule has 0 radical (unpaired) electrons. The molecule has 2 aromatic rings. The molecule has 0 fully saturated rings. The van der Waals surface area contributed by atoms with Crippen molar-refractivity contribution < 1.29 is 22.0 Å². The Balaban J connectivity index is 1.85. The third kappa shape index (κ3) is 6.11. The van der Waals surface area contributed by atoms with E-state index < -0.39 is 15.8 Å². The van der Waals surface area contributed by atoms with Gasteiger partial charge in [-0.2, -0.15) is 0 Å². The number of carbonyl (C=O) groups excluding carboxylic acids is 1. The lowest BCUT2D eigenvalue weighted by atomic mass is 10.2. The number of anilines is 1. The second-order valence-electron chi connectivity index (χ2n) is 5.82. The van der Waals surface area contributed by atoms with Gasteiger partial charge in [-0.05, 0) is 48.4 Å².